The lowest BCUT2D eigenvalue weighted by Crippen LogP contribution is -2.22. The van der Waals surface area contributed by atoms with E-state index in [2.05, 4.69) is 0 Å². The summed E-state index contributed by atoms with van der Waals surface area (Å²) in [7, 11) is 0. The van der Waals surface area contributed by atoms with Crippen molar-refractivity contribution in [1.82, 2.24) is 0 Å². The molecule has 2 N–H and O–H groups in total. The lowest BCUT2D eigenvalue weighted by atomic mass is 9.88. The SMILES string of the molecule is O=COCc1cccc2c1O[C@H]1C[C@@H](O)[C@H](CO)[C@@H]21. The van der Waals surface area contributed by atoms with Gasteiger partial charge in [-0.05, 0) is 0 Å². The molecule has 0 bridgehead atoms. The molecule has 0 unspecified atom stereocenters. The molecule has 4 atom stereocenters. The first kappa shape index (κ1) is 12.4. The number of hydrogen-bond acceptors (Lipinski definition) is 5. The van der Waals surface area contributed by atoms with Crippen LogP contribution in [0.3, 0.4) is 0 Å². The number of ether oxygens (including phenoxy) is 2. The van der Waals surface area contributed by atoms with Crippen LogP contribution >= 0.6 is 0 Å². The molecule has 2 aliphatic rings. The van der Waals surface area contributed by atoms with E-state index in [9.17, 15) is 15.0 Å². The molecule has 0 amide bonds. The van der Waals surface area contributed by atoms with Crippen LogP contribution in [0.1, 0.15) is 23.5 Å². The Morgan fingerprint density at radius 3 is 3.05 bits per heavy atom. The Hall–Kier alpha value is -1.59. The lowest BCUT2D eigenvalue weighted by molar-refractivity contribution is -0.129. The largest absolute Gasteiger partial charge is 0.489 e. The maximum atomic E-state index is 10.3. The zero-order valence-corrected chi connectivity index (χ0v) is 10.4. The number of carbonyl (C=O) groups is 1. The van der Waals surface area contributed by atoms with Crippen LogP contribution in [0.5, 0.6) is 5.75 Å². The van der Waals surface area contributed by atoms with Gasteiger partial charge in [-0.3, -0.25) is 4.79 Å². The van der Waals surface area contributed by atoms with Gasteiger partial charge in [0.25, 0.3) is 6.47 Å². The number of aliphatic hydroxyl groups excluding tert-OH is 2. The van der Waals surface area contributed by atoms with Crippen molar-refractivity contribution < 1.29 is 24.5 Å². The molecule has 5 nitrogen and oxygen atoms in total. The second kappa shape index (κ2) is 4.83. The van der Waals surface area contributed by atoms with Crippen molar-refractivity contribution >= 4 is 6.47 Å². The van der Waals surface area contributed by atoms with Crippen LogP contribution < -0.4 is 4.74 Å². The highest BCUT2D eigenvalue weighted by Crippen LogP contribution is 2.51. The van der Waals surface area contributed by atoms with E-state index in [1.807, 2.05) is 18.2 Å². The Bertz CT molecular complexity index is 487. The van der Waals surface area contributed by atoms with E-state index >= 15 is 0 Å². The van der Waals surface area contributed by atoms with Crippen LogP contribution in [-0.2, 0) is 16.1 Å². The van der Waals surface area contributed by atoms with Gasteiger partial charge in [0.05, 0.1) is 6.10 Å². The summed E-state index contributed by atoms with van der Waals surface area (Å²) in [5.41, 5.74) is 1.82. The van der Waals surface area contributed by atoms with E-state index in [1.54, 1.807) is 0 Å². The average molecular weight is 264 g/mol. The maximum absolute atomic E-state index is 10.3. The third-order valence-corrected chi connectivity index (χ3v) is 4.10. The summed E-state index contributed by atoms with van der Waals surface area (Å²) in [6, 6.07) is 5.69. The van der Waals surface area contributed by atoms with Crippen LogP contribution in [-0.4, -0.2) is 35.5 Å². The molecular formula is C14H16O5. The first-order valence-corrected chi connectivity index (χ1v) is 6.39. The summed E-state index contributed by atoms with van der Waals surface area (Å²) in [6.45, 7) is 0.536. The van der Waals surface area contributed by atoms with Crippen molar-refractivity contribution in [1.29, 1.82) is 0 Å². The Balaban J connectivity index is 1.94. The predicted octanol–water partition coefficient (Wildman–Crippen LogP) is 0.577. The number of para-hydroxylation sites is 1. The standard InChI is InChI=1S/C14H16O5/c15-5-10-11(17)4-12-13(10)9-3-1-2-8(6-18-7-16)14(9)19-12/h1-3,7,10-13,15,17H,4-6H2/t10-,11+,12-,13+/m0/s1. The molecule has 1 aromatic carbocycles. The van der Waals surface area contributed by atoms with Gasteiger partial charge in [-0.25, -0.2) is 0 Å². The second-order valence-corrected chi connectivity index (χ2v) is 5.07. The topological polar surface area (TPSA) is 76.0 Å². The van der Waals surface area contributed by atoms with Crippen molar-refractivity contribution in [2.45, 2.75) is 31.2 Å². The second-order valence-electron chi connectivity index (χ2n) is 5.07. The van der Waals surface area contributed by atoms with E-state index < -0.39 is 6.10 Å². The minimum Gasteiger partial charge on any atom is -0.489 e. The Kier molecular flexibility index (Phi) is 3.16. The molecule has 0 saturated heterocycles. The van der Waals surface area contributed by atoms with Gasteiger partial charge in [-0.15, -0.1) is 0 Å². The maximum Gasteiger partial charge on any atom is 0.293 e. The van der Waals surface area contributed by atoms with Gasteiger partial charge >= 0.3 is 0 Å². The molecule has 0 spiro atoms. The fourth-order valence-corrected chi connectivity index (χ4v) is 3.26. The van der Waals surface area contributed by atoms with E-state index in [0.717, 1.165) is 16.9 Å². The van der Waals surface area contributed by atoms with Crippen molar-refractivity contribution in [2.75, 3.05) is 6.61 Å². The van der Waals surface area contributed by atoms with Crippen LogP contribution in [0, 0.1) is 5.92 Å². The summed E-state index contributed by atoms with van der Waals surface area (Å²) < 4.78 is 10.7. The molecule has 1 heterocycles. The number of hydrogen-bond donors (Lipinski definition) is 2. The van der Waals surface area contributed by atoms with E-state index in [4.69, 9.17) is 9.47 Å². The number of carbonyl (C=O) groups excluding carboxylic acids is 1. The van der Waals surface area contributed by atoms with Gasteiger partial charge in [-0.2, -0.15) is 0 Å². The lowest BCUT2D eigenvalue weighted by Gasteiger charge is -2.17. The van der Waals surface area contributed by atoms with Crippen LogP contribution in [0.15, 0.2) is 18.2 Å². The highest BCUT2D eigenvalue weighted by atomic mass is 16.5. The molecule has 1 saturated carbocycles. The van der Waals surface area contributed by atoms with Crippen molar-refractivity contribution in [3.8, 4) is 5.75 Å². The van der Waals surface area contributed by atoms with E-state index in [1.165, 1.54) is 0 Å². The first-order chi connectivity index (χ1) is 9.26. The monoisotopic (exact) mass is 264 g/mol. The third-order valence-electron chi connectivity index (χ3n) is 4.10. The molecule has 1 fully saturated rings. The van der Waals surface area contributed by atoms with E-state index in [0.29, 0.717) is 12.9 Å². The fraction of sp³-hybridized carbons (Fsp3) is 0.500. The van der Waals surface area contributed by atoms with Gasteiger partial charge < -0.3 is 19.7 Å². The number of fused-ring (bicyclic) bond motifs is 3. The molecule has 0 radical (unpaired) electrons. The smallest absolute Gasteiger partial charge is 0.293 e. The van der Waals surface area contributed by atoms with E-state index in [-0.39, 0.29) is 31.2 Å². The number of benzene rings is 1. The number of rotatable bonds is 4. The quantitative estimate of drug-likeness (QED) is 0.778. The first-order valence-electron chi connectivity index (χ1n) is 6.39. The summed E-state index contributed by atoms with van der Waals surface area (Å²) >= 11 is 0. The average Bonchev–Trinajstić information content (AvgIpc) is 2.91. The molecule has 1 aliphatic heterocycles. The highest BCUT2D eigenvalue weighted by Gasteiger charge is 2.49. The molecule has 3 rings (SSSR count). The van der Waals surface area contributed by atoms with Gasteiger partial charge in [-0.1, -0.05) is 18.2 Å². The molecule has 1 aliphatic carbocycles. The Morgan fingerprint density at radius 1 is 1.47 bits per heavy atom. The van der Waals surface area contributed by atoms with Gasteiger partial charge in [0.15, 0.2) is 0 Å². The molecule has 0 aromatic heterocycles. The minimum atomic E-state index is -0.525. The summed E-state index contributed by atoms with van der Waals surface area (Å²) in [5, 5.41) is 19.4. The summed E-state index contributed by atoms with van der Waals surface area (Å²) in [4.78, 5) is 10.3. The molecule has 5 heteroatoms. The third kappa shape index (κ3) is 1.89. The molecule has 1 aromatic rings. The van der Waals surface area contributed by atoms with Crippen LogP contribution in [0.25, 0.3) is 0 Å². The highest BCUT2D eigenvalue weighted by molar-refractivity contribution is 5.49. The van der Waals surface area contributed by atoms with Crippen LogP contribution in [0.2, 0.25) is 0 Å². The minimum absolute atomic E-state index is 0.0196. The summed E-state index contributed by atoms with van der Waals surface area (Å²) in [5.74, 6) is 0.573. The van der Waals surface area contributed by atoms with Crippen LogP contribution in [0.4, 0.5) is 0 Å². The normalized spacial score (nSPS) is 31.5. The zero-order chi connectivity index (χ0) is 13.4. The van der Waals surface area contributed by atoms with Crippen molar-refractivity contribution in [2.24, 2.45) is 5.92 Å². The Morgan fingerprint density at radius 2 is 2.32 bits per heavy atom. The molecule has 19 heavy (non-hydrogen) atoms. The fourth-order valence-electron chi connectivity index (χ4n) is 3.26. The summed E-state index contributed by atoms with van der Waals surface area (Å²) in [6.07, 6.45) is -0.0963. The Labute approximate surface area is 110 Å². The predicted molar refractivity (Wildman–Crippen MR) is 65.7 cm³/mol. The zero-order valence-electron chi connectivity index (χ0n) is 10.4. The number of aliphatic hydroxyl groups is 2. The van der Waals surface area contributed by atoms with Gasteiger partial charge in [0.1, 0.15) is 18.5 Å². The molecule has 102 valence electrons. The van der Waals surface area contributed by atoms with Gasteiger partial charge in [0.2, 0.25) is 0 Å². The molecular weight excluding hydrogens is 248 g/mol. The van der Waals surface area contributed by atoms with Crippen molar-refractivity contribution in [3.63, 3.8) is 0 Å². The van der Waals surface area contributed by atoms with Crippen molar-refractivity contribution in [3.05, 3.63) is 29.3 Å². The van der Waals surface area contributed by atoms with Gasteiger partial charge in [0, 0.05) is 36.0 Å².